The first-order chi connectivity index (χ1) is 17.5. The molecule has 0 saturated heterocycles. The van der Waals surface area contributed by atoms with Crippen molar-refractivity contribution in [3.8, 4) is 17.2 Å². The molecule has 0 fully saturated rings. The lowest BCUT2D eigenvalue weighted by molar-refractivity contribution is 0.0729. The van der Waals surface area contributed by atoms with E-state index in [1.54, 1.807) is 49.6 Å². The molecule has 0 unspecified atom stereocenters. The van der Waals surface area contributed by atoms with Gasteiger partial charge in [0.1, 0.15) is 5.75 Å². The first kappa shape index (κ1) is 24.9. The van der Waals surface area contributed by atoms with Gasteiger partial charge < -0.3 is 14.2 Å². The Balaban J connectivity index is 1.53. The second-order valence-electron chi connectivity index (χ2n) is 7.61. The van der Waals surface area contributed by atoms with E-state index in [4.69, 9.17) is 14.2 Å². The highest BCUT2D eigenvalue weighted by atomic mass is 79.9. The Morgan fingerprint density at radius 1 is 1.00 bits per heavy atom. The molecule has 1 N–H and O–H groups in total. The smallest absolute Gasteiger partial charge is 0.344 e. The monoisotopic (exact) mass is 546 g/mol. The van der Waals surface area contributed by atoms with E-state index in [2.05, 4.69) is 26.5 Å². The van der Waals surface area contributed by atoms with Gasteiger partial charge in [-0.2, -0.15) is 5.10 Å². The maximum atomic E-state index is 13.1. The van der Waals surface area contributed by atoms with Gasteiger partial charge in [-0.1, -0.05) is 36.4 Å². The molecule has 0 atom stereocenters. The van der Waals surface area contributed by atoms with Crippen LogP contribution in [0.25, 0.3) is 10.8 Å². The second-order valence-corrected chi connectivity index (χ2v) is 8.46. The zero-order chi connectivity index (χ0) is 25.5. The maximum absolute atomic E-state index is 13.1. The summed E-state index contributed by atoms with van der Waals surface area (Å²) in [4.78, 5) is 25.4. The summed E-state index contributed by atoms with van der Waals surface area (Å²) in [5, 5.41) is 5.78. The fourth-order valence-corrected chi connectivity index (χ4v) is 4.09. The van der Waals surface area contributed by atoms with Gasteiger partial charge in [0.15, 0.2) is 11.5 Å². The zero-order valence-corrected chi connectivity index (χ0v) is 21.2. The molecule has 4 aromatic rings. The maximum Gasteiger partial charge on any atom is 0.344 e. The Morgan fingerprint density at radius 2 is 1.75 bits per heavy atom. The number of nitrogens with one attached hydrogen (secondary N) is 1. The topological polar surface area (TPSA) is 86.2 Å². The number of hydrogen-bond acceptors (Lipinski definition) is 6. The lowest BCUT2D eigenvalue weighted by atomic mass is 10.0. The van der Waals surface area contributed by atoms with Gasteiger partial charge in [-0.15, -0.1) is 0 Å². The number of methoxy groups -OCH3 is 1. The molecule has 4 aromatic carbocycles. The average molecular weight is 547 g/mol. The number of carbonyl (C=O) groups is 2. The van der Waals surface area contributed by atoms with E-state index in [1.165, 1.54) is 6.21 Å². The number of amides is 1. The molecule has 0 heterocycles. The molecule has 0 spiro atoms. The van der Waals surface area contributed by atoms with Gasteiger partial charge >= 0.3 is 5.97 Å². The quantitative estimate of drug-likeness (QED) is 0.127. The van der Waals surface area contributed by atoms with Crippen LogP contribution in [0.3, 0.4) is 0 Å². The van der Waals surface area contributed by atoms with Gasteiger partial charge in [-0.25, -0.2) is 10.2 Å². The van der Waals surface area contributed by atoms with Crippen LogP contribution in [0.5, 0.6) is 17.2 Å². The van der Waals surface area contributed by atoms with Crippen LogP contribution < -0.4 is 19.6 Å². The number of benzene rings is 4. The normalized spacial score (nSPS) is 10.9. The van der Waals surface area contributed by atoms with Crippen molar-refractivity contribution in [2.24, 2.45) is 5.10 Å². The summed E-state index contributed by atoms with van der Waals surface area (Å²) in [6.45, 7) is 2.19. The average Bonchev–Trinajstić information content (AvgIpc) is 2.90. The molecular formula is C28H23BrN2O5. The van der Waals surface area contributed by atoms with Crippen molar-refractivity contribution >= 4 is 44.8 Å². The van der Waals surface area contributed by atoms with Crippen molar-refractivity contribution in [1.82, 2.24) is 5.43 Å². The predicted molar refractivity (Wildman–Crippen MR) is 142 cm³/mol. The molecule has 8 heteroatoms. The molecule has 7 nitrogen and oxygen atoms in total. The van der Waals surface area contributed by atoms with Crippen LogP contribution in [0.4, 0.5) is 0 Å². The van der Waals surface area contributed by atoms with Gasteiger partial charge in [-0.05, 0) is 81.7 Å². The van der Waals surface area contributed by atoms with E-state index in [1.807, 2.05) is 43.3 Å². The molecule has 1 amide bonds. The number of esters is 1. The van der Waals surface area contributed by atoms with Crippen LogP contribution in [0.1, 0.15) is 33.2 Å². The van der Waals surface area contributed by atoms with Crippen molar-refractivity contribution in [2.75, 3.05) is 13.7 Å². The molecule has 0 radical (unpaired) electrons. The summed E-state index contributed by atoms with van der Waals surface area (Å²) in [6.07, 6.45) is 1.48. The molecule has 182 valence electrons. The summed E-state index contributed by atoms with van der Waals surface area (Å²) in [5.41, 5.74) is 4.02. The summed E-state index contributed by atoms with van der Waals surface area (Å²) < 4.78 is 17.1. The third-order valence-corrected chi connectivity index (χ3v) is 5.86. The van der Waals surface area contributed by atoms with Crippen LogP contribution in [-0.4, -0.2) is 31.8 Å². The number of carbonyl (C=O) groups excluding carboxylic acids is 2. The Hall–Kier alpha value is -4.17. The van der Waals surface area contributed by atoms with Crippen LogP contribution in [0.15, 0.2) is 88.4 Å². The largest absolute Gasteiger partial charge is 0.497 e. The van der Waals surface area contributed by atoms with Gasteiger partial charge in [0, 0.05) is 5.56 Å². The van der Waals surface area contributed by atoms with Crippen molar-refractivity contribution in [3.05, 3.63) is 100 Å². The molecule has 0 bridgehead atoms. The number of ether oxygens (including phenoxy) is 3. The number of rotatable bonds is 8. The van der Waals surface area contributed by atoms with Crippen molar-refractivity contribution in [3.63, 3.8) is 0 Å². The lowest BCUT2D eigenvalue weighted by Gasteiger charge is -2.14. The molecule has 0 saturated carbocycles. The number of hydrazone groups is 1. The Labute approximate surface area is 216 Å². The molecule has 36 heavy (non-hydrogen) atoms. The van der Waals surface area contributed by atoms with Gasteiger partial charge in [0.25, 0.3) is 5.91 Å². The summed E-state index contributed by atoms with van der Waals surface area (Å²) in [6, 6.07) is 23.2. The second kappa shape index (κ2) is 11.5. The number of nitrogens with zero attached hydrogens (tertiary/aromatic N) is 1. The Bertz CT molecular complexity index is 1430. The van der Waals surface area contributed by atoms with E-state index in [0.29, 0.717) is 39.3 Å². The Kier molecular flexibility index (Phi) is 7.97. The van der Waals surface area contributed by atoms with E-state index in [0.717, 1.165) is 10.8 Å². The van der Waals surface area contributed by atoms with Gasteiger partial charge in [0.05, 0.1) is 30.0 Å². The highest BCUT2D eigenvalue weighted by Crippen LogP contribution is 2.37. The van der Waals surface area contributed by atoms with Crippen LogP contribution in [0, 0.1) is 0 Å². The third-order valence-electron chi connectivity index (χ3n) is 5.27. The standard InChI is InChI=1S/C28H23BrN2O5/c1-3-35-25-16-18(17-30-31-27(32)20-11-13-21(34-2)14-12-20)15-24(29)26(25)36-28(33)23-10-6-8-19-7-4-5-9-22(19)23/h4-17H,3H2,1-2H3,(H,31,32)/b30-17-. The van der Waals surface area contributed by atoms with Crippen molar-refractivity contribution in [1.29, 1.82) is 0 Å². The van der Waals surface area contributed by atoms with Gasteiger partial charge in [0.2, 0.25) is 0 Å². The van der Waals surface area contributed by atoms with Gasteiger partial charge in [-0.3, -0.25) is 4.79 Å². The number of hydrogen-bond donors (Lipinski definition) is 1. The van der Waals surface area contributed by atoms with Crippen LogP contribution >= 0.6 is 15.9 Å². The fraction of sp³-hybridized carbons (Fsp3) is 0.107. The first-order valence-corrected chi connectivity index (χ1v) is 11.9. The minimum absolute atomic E-state index is 0.259. The Morgan fingerprint density at radius 3 is 2.50 bits per heavy atom. The SMILES string of the molecule is CCOc1cc(/C=N\NC(=O)c2ccc(OC)cc2)cc(Br)c1OC(=O)c1cccc2ccccc12. The van der Waals surface area contributed by atoms with E-state index >= 15 is 0 Å². The molecule has 0 aliphatic heterocycles. The summed E-state index contributed by atoms with van der Waals surface area (Å²) in [5.74, 6) is 0.419. The third kappa shape index (κ3) is 5.72. The highest BCUT2D eigenvalue weighted by Gasteiger charge is 2.19. The fourth-order valence-electron chi connectivity index (χ4n) is 3.55. The van der Waals surface area contributed by atoms with E-state index in [-0.39, 0.29) is 11.7 Å². The zero-order valence-electron chi connectivity index (χ0n) is 19.7. The molecule has 0 aliphatic carbocycles. The predicted octanol–water partition coefficient (Wildman–Crippen LogP) is 5.99. The molecule has 0 aliphatic rings. The first-order valence-electron chi connectivity index (χ1n) is 11.1. The number of halogens is 1. The van der Waals surface area contributed by atoms with Crippen molar-refractivity contribution in [2.45, 2.75) is 6.92 Å². The van der Waals surface area contributed by atoms with Crippen LogP contribution in [0.2, 0.25) is 0 Å². The van der Waals surface area contributed by atoms with Crippen molar-refractivity contribution < 1.29 is 23.8 Å². The lowest BCUT2D eigenvalue weighted by Crippen LogP contribution is -2.17. The number of fused-ring (bicyclic) bond motifs is 1. The summed E-state index contributed by atoms with van der Waals surface area (Å²) in [7, 11) is 1.56. The minimum Gasteiger partial charge on any atom is -0.497 e. The molecular weight excluding hydrogens is 524 g/mol. The summed E-state index contributed by atoms with van der Waals surface area (Å²) >= 11 is 3.47. The van der Waals surface area contributed by atoms with Crippen LogP contribution in [-0.2, 0) is 0 Å². The highest BCUT2D eigenvalue weighted by molar-refractivity contribution is 9.10. The van der Waals surface area contributed by atoms with E-state index < -0.39 is 5.97 Å². The van der Waals surface area contributed by atoms with E-state index in [9.17, 15) is 9.59 Å². The minimum atomic E-state index is -0.498. The molecule has 0 aromatic heterocycles. The molecule has 4 rings (SSSR count).